The highest BCUT2D eigenvalue weighted by Gasteiger charge is 2.44. The fourth-order valence-corrected chi connectivity index (χ4v) is 4.00. The van der Waals surface area contributed by atoms with Crippen LogP contribution in [0.5, 0.6) is 0 Å². The normalized spacial score (nSPS) is 16.0. The van der Waals surface area contributed by atoms with Crippen molar-refractivity contribution in [3.63, 3.8) is 0 Å². The Morgan fingerprint density at radius 2 is 1.72 bits per heavy atom. The Bertz CT molecular complexity index is 1160. The second-order valence-corrected chi connectivity index (χ2v) is 8.12. The standard InChI is InChI=1S/C26H26N2O4/c1-17-9-14-21(32-17)24(29)22-23(19-10-12-20(13-11-19)27(2)3)28(26(31)25(22)30)16-15-18-7-5-4-6-8-18/h4-14,23,30H,15-16H2,1-3H3. The largest absolute Gasteiger partial charge is 0.503 e. The molecule has 0 spiro atoms. The lowest BCUT2D eigenvalue weighted by Gasteiger charge is -2.27. The molecule has 0 saturated carbocycles. The van der Waals surface area contributed by atoms with E-state index in [4.69, 9.17) is 4.42 Å². The van der Waals surface area contributed by atoms with Crippen LogP contribution in [0, 0.1) is 6.92 Å². The lowest BCUT2D eigenvalue weighted by molar-refractivity contribution is -0.129. The van der Waals surface area contributed by atoms with Crippen LogP contribution in [0.3, 0.4) is 0 Å². The van der Waals surface area contributed by atoms with Crippen molar-refractivity contribution < 1.29 is 19.1 Å². The van der Waals surface area contributed by atoms with Gasteiger partial charge >= 0.3 is 0 Å². The van der Waals surface area contributed by atoms with E-state index < -0.39 is 23.5 Å². The number of furan rings is 1. The predicted molar refractivity (Wildman–Crippen MR) is 123 cm³/mol. The van der Waals surface area contributed by atoms with Gasteiger partial charge in [-0.15, -0.1) is 0 Å². The summed E-state index contributed by atoms with van der Waals surface area (Å²) >= 11 is 0. The summed E-state index contributed by atoms with van der Waals surface area (Å²) in [6.45, 7) is 2.11. The molecule has 164 valence electrons. The Morgan fingerprint density at radius 1 is 1.03 bits per heavy atom. The van der Waals surface area contributed by atoms with Gasteiger partial charge in [-0.2, -0.15) is 0 Å². The van der Waals surface area contributed by atoms with Gasteiger partial charge in [0.05, 0.1) is 11.6 Å². The first-order valence-corrected chi connectivity index (χ1v) is 10.5. The van der Waals surface area contributed by atoms with E-state index in [1.165, 1.54) is 0 Å². The number of amides is 1. The first kappa shape index (κ1) is 21.4. The average molecular weight is 431 g/mol. The third-order valence-electron chi connectivity index (χ3n) is 5.72. The van der Waals surface area contributed by atoms with E-state index in [1.54, 1.807) is 24.0 Å². The number of aliphatic hydroxyl groups is 1. The number of hydrogen-bond donors (Lipinski definition) is 1. The summed E-state index contributed by atoms with van der Waals surface area (Å²) in [4.78, 5) is 29.9. The zero-order valence-electron chi connectivity index (χ0n) is 18.4. The lowest BCUT2D eigenvalue weighted by atomic mass is 9.94. The molecule has 0 fully saturated rings. The van der Waals surface area contributed by atoms with Crippen molar-refractivity contribution in [1.82, 2.24) is 4.90 Å². The van der Waals surface area contributed by atoms with Crippen LogP contribution >= 0.6 is 0 Å². The van der Waals surface area contributed by atoms with Gasteiger partial charge in [-0.1, -0.05) is 42.5 Å². The van der Waals surface area contributed by atoms with E-state index in [2.05, 4.69) is 0 Å². The first-order chi connectivity index (χ1) is 15.4. The molecule has 0 saturated heterocycles. The van der Waals surface area contributed by atoms with Crippen molar-refractivity contribution in [2.45, 2.75) is 19.4 Å². The molecule has 1 aliphatic rings. The van der Waals surface area contributed by atoms with Crippen LogP contribution in [0.25, 0.3) is 0 Å². The van der Waals surface area contributed by atoms with Gasteiger partial charge in [-0.3, -0.25) is 9.59 Å². The van der Waals surface area contributed by atoms with Crippen LogP contribution in [0.2, 0.25) is 0 Å². The number of anilines is 1. The summed E-state index contributed by atoms with van der Waals surface area (Å²) in [6.07, 6.45) is 0.605. The number of carbonyl (C=O) groups is 2. The van der Waals surface area contributed by atoms with Crippen molar-refractivity contribution in [2.24, 2.45) is 0 Å². The molecule has 1 amide bonds. The van der Waals surface area contributed by atoms with E-state index in [9.17, 15) is 14.7 Å². The average Bonchev–Trinajstić information content (AvgIpc) is 3.34. The number of aryl methyl sites for hydroxylation is 1. The van der Waals surface area contributed by atoms with Crippen molar-refractivity contribution in [2.75, 3.05) is 25.5 Å². The summed E-state index contributed by atoms with van der Waals surface area (Å²) < 4.78 is 5.51. The van der Waals surface area contributed by atoms with Gasteiger partial charge in [0.2, 0.25) is 5.78 Å². The number of Topliss-reactive ketones (excluding diaryl/α,β-unsaturated/α-hetero) is 1. The zero-order valence-corrected chi connectivity index (χ0v) is 18.4. The molecular weight excluding hydrogens is 404 g/mol. The van der Waals surface area contributed by atoms with Gasteiger partial charge in [0.25, 0.3) is 5.91 Å². The highest BCUT2D eigenvalue weighted by Crippen LogP contribution is 2.39. The molecule has 1 unspecified atom stereocenters. The van der Waals surface area contributed by atoms with Crippen LogP contribution in [-0.4, -0.2) is 42.3 Å². The Balaban J connectivity index is 1.72. The molecule has 0 aliphatic carbocycles. The van der Waals surface area contributed by atoms with E-state index in [1.807, 2.05) is 73.6 Å². The van der Waals surface area contributed by atoms with Crippen LogP contribution in [0.1, 0.15) is 33.5 Å². The number of nitrogens with zero attached hydrogens (tertiary/aromatic N) is 2. The highest BCUT2D eigenvalue weighted by molar-refractivity contribution is 6.15. The van der Waals surface area contributed by atoms with Gasteiger partial charge in [-0.05, 0) is 48.7 Å². The van der Waals surface area contributed by atoms with Gasteiger partial charge in [-0.25, -0.2) is 0 Å². The SMILES string of the molecule is Cc1ccc(C(=O)C2=C(O)C(=O)N(CCc3ccccc3)C2c2ccc(N(C)C)cc2)o1. The molecule has 0 bridgehead atoms. The van der Waals surface area contributed by atoms with Gasteiger partial charge in [0.15, 0.2) is 11.5 Å². The molecule has 1 aliphatic heterocycles. The Morgan fingerprint density at radius 3 is 2.31 bits per heavy atom. The minimum absolute atomic E-state index is 0.0509. The first-order valence-electron chi connectivity index (χ1n) is 10.5. The second kappa shape index (κ2) is 8.75. The molecule has 2 heterocycles. The fourth-order valence-electron chi connectivity index (χ4n) is 4.00. The third-order valence-corrected chi connectivity index (χ3v) is 5.72. The summed E-state index contributed by atoms with van der Waals surface area (Å²) in [7, 11) is 3.89. The molecule has 6 heteroatoms. The molecule has 0 radical (unpaired) electrons. The smallest absolute Gasteiger partial charge is 0.290 e. The minimum atomic E-state index is -0.694. The maximum atomic E-state index is 13.3. The lowest BCUT2D eigenvalue weighted by Crippen LogP contribution is -2.33. The molecule has 4 rings (SSSR count). The summed E-state index contributed by atoms with van der Waals surface area (Å²) in [5, 5.41) is 10.8. The topological polar surface area (TPSA) is 74.0 Å². The zero-order chi connectivity index (χ0) is 22.8. The maximum absolute atomic E-state index is 13.3. The molecule has 3 aromatic rings. The predicted octanol–water partition coefficient (Wildman–Crippen LogP) is 4.48. The quantitative estimate of drug-likeness (QED) is 0.560. The van der Waals surface area contributed by atoms with Crippen LogP contribution < -0.4 is 4.90 Å². The number of aliphatic hydroxyl groups excluding tert-OH is 1. The Kier molecular flexibility index (Phi) is 5.86. The van der Waals surface area contributed by atoms with Gasteiger partial charge in [0, 0.05) is 26.3 Å². The van der Waals surface area contributed by atoms with E-state index in [0.717, 1.165) is 16.8 Å². The fraction of sp³-hybridized carbons (Fsp3) is 0.231. The molecule has 1 aromatic heterocycles. The van der Waals surface area contributed by atoms with Crippen LogP contribution in [0.15, 0.2) is 82.5 Å². The van der Waals surface area contributed by atoms with E-state index >= 15 is 0 Å². The summed E-state index contributed by atoms with van der Waals surface area (Å²) in [5.41, 5.74) is 2.88. The van der Waals surface area contributed by atoms with E-state index in [0.29, 0.717) is 18.7 Å². The number of benzene rings is 2. The van der Waals surface area contributed by atoms with Gasteiger partial charge in [0.1, 0.15) is 5.76 Å². The van der Waals surface area contributed by atoms with Crippen molar-refractivity contribution >= 4 is 17.4 Å². The molecule has 6 nitrogen and oxygen atoms in total. The third kappa shape index (κ3) is 4.04. The van der Waals surface area contributed by atoms with Gasteiger partial charge < -0.3 is 19.3 Å². The monoisotopic (exact) mass is 430 g/mol. The Hall–Kier alpha value is -3.80. The number of ketones is 1. The van der Waals surface area contributed by atoms with Crippen molar-refractivity contribution in [3.8, 4) is 0 Å². The molecule has 1 atom stereocenters. The number of hydrogen-bond acceptors (Lipinski definition) is 5. The summed E-state index contributed by atoms with van der Waals surface area (Å²) in [5.74, 6) is -0.844. The van der Waals surface area contributed by atoms with Crippen LogP contribution in [0.4, 0.5) is 5.69 Å². The van der Waals surface area contributed by atoms with Crippen molar-refractivity contribution in [1.29, 1.82) is 0 Å². The summed E-state index contributed by atoms with van der Waals surface area (Å²) in [6, 6.07) is 20.0. The molecule has 1 N–H and O–H groups in total. The minimum Gasteiger partial charge on any atom is -0.503 e. The molecule has 32 heavy (non-hydrogen) atoms. The number of carbonyl (C=O) groups excluding carboxylic acids is 2. The maximum Gasteiger partial charge on any atom is 0.290 e. The van der Waals surface area contributed by atoms with E-state index in [-0.39, 0.29) is 11.3 Å². The Labute approximate surface area is 187 Å². The second-order valence-electron chi connectivity index (χ2n) is 8.12. The highest BCUT2D eigenvalue weighted by atomic mass is 16.3. The number of rotatable bonds is 7. The van der Waals surface area contributed by atoms with Crippen LogP contribution in [-0.2, 0) is 11.2 Å². The van der Waals surface area contributed by atoms with Crippen molar-refractivity contribution in [3.05, 3.63) is 101 Å². The molecule has 2 aromatic carbocycles. The molecular formula is C26H26N2O4.